The van der Waals surface area contributed by atoms with Crippen LogP contribution in [0.15, 0.2) is 34.8 Å². The van der Waals surface area contributed by atoms with Gasteiger partial charge in [0, 0.05) is 23.5 Å². The number of carbonyl (C=O) groups excluding carboxylic acids is 1. The lowest BCUT2D eigenvalue weighted by Crippen LogP contribution is -2.17. The van der Waals surface area contributed by atoms with Gasteiger partial charge in [-0.2, -0.15) is 0 Å². The van der Waals surface area contributed by atoms with Crippen LogP contribution >= 0.6 is 28.1 Å². The molecule has 0 amide bonds. The fourth-order valence-corrected chi connectivity index (χ4v) is 5.09. The zero-order chi connectivity index (χ0) is 25.3. The Balaban J connectivity index is 2.44. The summed E-state index contributed by atoms with van der Waals surface area (Å²) in [5.74, 6) is 0.0879. The summed E-state index contributed by atoms with van der Waals surface area (Å²) in [6.07, 6.45) is 0. The van der Waals surface area contributed by atoms with E-state index in [9.17, 15) is 9.90 Å². The van der Waals surface area contributed by atoms with Crippen LogP contribution in [0.2, 0.25) is 0 Å². The highest BCUT2D eigenvalue weighted by Gasteiger charge is 2.31. The number of carbonyl (C=O) groups is 1. The number of ether oxygens (including phenoxy) is 1. The lowest BCUT2D eigenvalue weighted by Gasteiger charge is -2.17. The fraction of sp³-hybridized carbons (Fsp3) is 0.407. The summed E-state index contributed by atoms with van der Waals surface area (Å²) in [6, 6.07) is 10.1. The number of aromatic hydroxyl groups is 1. The second kappa shape index (κ2) is 10.6. The van der Waals surface area contributed by atoms with Crippen LogP contribution in [-0.4, -0.2) is 46.1 Å². The zero-order valence-corrected chi connectivity index (χ0v) is 23.3. The average Bonchev–Trinajstić information content (AvgIpc) is 3.11. The molecule has 1 heterocycles. The van der Waals surface area contributed by atoms with Gasteiger partial charge in [-0.3, -0.25) is 0 Å². The summed E-state index contributed by atoms with van der Waals surface area (Å²) in [5, 5.41) is 11.7. The van der Waals surface area contributed by atoms with Crippen LogP contribution in [0.25, 0.3) is 10.9 Å². The molecule has 0 spiro atoms. The van der Waals surface area contributed by atoms with Gasteiger partial charge < -0.3 is 19.3 Å². The van der Waals surface area contributed by atoms with Crippen molar-refractivity contribution < 1.29 is 14.6 Å². The molecule has 0 fully saturated rings. The molecule has 34 heavy (non-hydrogen) atoms. The predicted molar refractivity (Wildman–Crippen MR) is 146 cm³/mol. The topological polar surface area (TPSA) is 54.7 Å². The first-order valence-corrected chi connectivity index (χ1v) is 12.7. The quantitative estimate of drug-likeness (QED) is 0.191. The second-order valence-corrected chi connectivity index (χ2v) is 10.6. The van der Waals surface area contributed by atoms with Crippen molar-refractivity contribution in [2.45, 2.75) is 53.1 Å². The third-order valence-corrected chi connectivity index (χ3v) is 6.88. The minimum atomic E-state index is -0.440. The summed E-state index contributed by atoms with van der Waals surface area (Å²) in [4.78, 5) is 16.0. The molecule has 5 nitrogen and oxygen atoms in total. The maximum Gasteiger partial charge on any atom is 0.341 e. The van der Waals surface area contributed by atoms with Gasteiger partial charge in [0.05, 0.1) is 32.7 Å². The zero-order valence-electron chi connectivity index (χ0n) is 20.9. The van der Waals surface area contributed by atoms with Crippen LogP contribution in [-0.2, 0) is 11.3 Å². The van der Waals surface area contributed by atoms with E-state index >= 15 is 0 Å². The van der Waals surface area contributed by atoms with E-state index in [1.54, 1.807) is 6.92 Å². The SMILES string of the molecule is CCOC(=O)c1c(C(=S)c2ccc(C(C)C)cc2)n(C(C)C)c2cc(Br)c(O)c(CN(C)C)c12. The van der Waals surface area contributed by atoms with E-state index in [0.29, 0.717) is 44.0 Å². The maximum absolute atomic E-state index is 13.4. The van der Waals surface area contributed by atoms with Gasteiger partial charge in [-0.05, 0) is 73.9 Å². The lowest BCUT2D eigenvalue weighted by molar-refractivity contribution is 0.0528. The van der Waals surface area contributed by atoms with Crippen molar-refractivity contribution in [2.75, 3.05) is 20.7 Å². The smallest absolute Gasteiger partial charge is 0.341 e. The molecule has 0 saturated heterocycles. The van der Waals surface area contributed by atoms with Crippen molar-refractivity contribution >= 4 is 49.9 Å². The number of phenolic OH excluding ortho intramolecular Hbond substituents is 1. The van der Waals surface area contributed by atoms with E-state index in [0.717, 1.165) is 11.1 Å². The summed E-state index contributed by atoms with van der Waals surface area (Å²) in [6.45, 7) is 10.9. The highest BCUT2D eigenvalue weighted by molar-refractivity contribution is 9.10. The van der Waals surface area contributed by atoms with Gasteiger partial charge in [-0.25, -0.2) is 4.79 Å². The summed E-state index contributed by atoms with van der Waals surface area (Å²) in [5.41, 5.74) is 4.64. The molecular formula is C27H33BrN2O3S. The molecule has 3 rings (SSSR count). The van der Waals surface area contributed by atoms with Gasteiger partial charge in [0.2, 0.25) is 0 Å². The Labute approximate surface area is 215 Å². The van der Waals surface area contributed by atoms with E-state index in [1.807, 2.05) is 37.2 Å². The largest absolute Gasteiger partial charge is 0.506 e. The molecule has 0 saturated carbocycles. The van der Waals surface area contributed by atoms with Crippen LogP contribution in [0.5, 0.6) is 5.75 Å². The van der Waals surface area contributed by atoms with Crippen LogP contribution in [0.1, 0.15) is 79.3 Å². The van der Waals surface area contributed by atoms with Gasteiger partial charge >= 0.3 is 5.97 Å². The molecule has 1 aromatic heterocycles. The highest BCUT2D eigenvalue weighted by atomic mass is 79.9. The van der Waals surface area contributed by atoms with Crippen molar-refractivity contribution in [3.63, 3.8) is 0 Å². The van der Waals surface area contributed by atoms with E-state index in [4.69, 9.17) is 17.0 Å². The Kier molecular flexibility index (Phi) is 8.22. The first-order valence-electron chi connectivity index (χ1n) is 11.5. The van der Waals surface area contributed by atoms with Crippen molar-refractivity contribution in [3.8, 4) is 5.75 Å². The van der Waals surface area contributed by atoms with E-state index in [2.05, 4.69) is 60.3 Å². The average molecular weight is 546 g/mol. The minimum absolute atomic E-state index is 0.0113. The van der Waals surface area contributed by atoms with Crippen LogP contribution in [0, 0.1) is 0 Å². The van der Waals surface area contributed by atoms with E-state index < -0.39 is 5.97 Å². The normalized spacial score (nSPS) is 11.7. The van der Waals surface area contributed by atoms with E-state index in [-0.39, 0.29) is 18.4 Å². The third-order valence-electron chi connectivity index (χ3n) is 5.85. The monoisotopic (exact) mass is 544 g/mol. The molecule has 7 heteroatoms. The molecule has 0 aliphatic carbocycles. The summed E-state index contributed by atoms with van der Waals surface area (Å²) >= 11 is 9.53. The first kappa shape index (κ1) is 26.4. The number of nitrogens with zero attached hydrogens (tertiary/aromatic N) is 2. The number of hydrogen-bond donors (Lipinski definition) is 1. The van der Waals surface area contributed by atoms with Crippen molar-refractivity contribution in [1.29, 1.82) is 0 Å². The molecule has 0 bridgehead atoms. The van der Waals surface area contributed by atoms with Crippen LogP contribution in [0.4, 0.5) is 0 Å². The maximum atomic E-state index is 13.4. The van der Waals surface area contributed by atoms with E-state index in [1.165, 1.54) is 5.56 Å². The summed E-state index contributed by atoms with van der Waals surface area (Å²) < 4.78 is 8.18. The fourth-order valence-electron chi connectivity index (χ4n) is 4.29. The Hall–Kier alpha value is -2.22. The number of thiocarbonyl (C=S) groups is 1. The molecule has 0 aliphatic rings. The number of rotatable bonds is 8. The Bertz CT molecular complexity index is 1230. The number of fused-ring (bicyclic) bond motifs is 1. The number of aromatic nitrogens is 1. The van der Waals surface area contributed by atoms with Crippen molar-refractivity contribution in [3.05, 3.63) is 62.8 Å². The standard InChI is InChI=1S/C27H33BrN2O3S/c1-8-33-27(32)23-22-19(14-29(6)7)25(31)20(28)13-21(22)30(16(4)5)24(23)26(34)18-11-9-17(10-12-18)15(2)3/h9-13,15-16,31H,8,14H2,1-7H3. The number of esters is 1. The minimum Gasteiger partial charge on any atom is -0.506 e. The number of phenols is 1. The van der Waals surface area contributed by atoms with Gasteiger partial charge in [-0.15, -0.1) is 0 Å². The Morgan fingerprint density at radius 2 is 1.79 bits per heavy atom. The van der Waals surface area contributed by atoms with Gasteiger partial charge in [-0.1, -0.05) is 50.3 Å². The highest BCUT2D eigenvalue weighted by Crippen LogP contribution is 2.42. The lowest BCUT2D eigenvalue weighted by atomic mass is 9.98. The van der Waals surface area contributed by atoms with Crippen molar-refractivity contribution in [2.24, 2.45) is 0 Å². The molecule has 3 aromatic rings. The predicted octanol–water partition coefficient (Wildman–Crippen LogP) is 6.82. The Morgan fingerprint density at radius 1 is 1.18 bits per heavy atom. The number of benzene rings is 2. The third kappa shape index (κ3) is 4.92. The first-order chi connectivity index (χ1) is 16.0. The number of halogens is 1. The molecule has 182 valence electrons. The van der Waals surface area contributed by atoms with Crippen LogP contribution in [0.3, 0.4) is 0 Å². The molecular weight excluding hydrogens is 512 g/mol. The molecule has 0 unspecified atom stereocenters. The summed E-state index contributed by atoms with van der Waals surface area (Å²) in [7, 11) is 3.86. The molecule has 0 aliphatic heterocycles. The molecule has 1 N–H and O–H groups in total. The van der Waals surface area contributed by atoms with Gasteiger partial charge in [0.1, 0.15) is 5.75 Å². The molecule has 0 atom stereocenters. The van der Waals surface area contributed by atoms with Gasteiger partial charge in [0.15, 0.2) is 0 Å². The second-order valence-electron chi connectivity index (χ2n) is 9.33. The molecule has 2 aromatic carbocycles. The number of hydrogen-bond acceptors (Lipinski definition) is 5. The Morgan fingerprint density at radius 3 is 2.29 bits per heavy atom. The van der Waals surface area contributed by atoms with Crippen LogP contribution < -0.4 is 0 Å². The van der Waals surface area contributed by atoms with Gasteiger partial charge in [0.25, 0.3) is 0 Å². The van der Waals surface area contributed by atoms with Crippen molar-refractivity contribution in [1.82, 2.24) is 9.47 Å². The molecule has 0 radical (unpaired) electrons.